The Morgan fingerprint density at radius 2 is 1.39 bits per heavy atom. The number of hydrogen-bond acceptors (Lipinski definition) is 3. The fraction of sp³-hybridized carbons (Fsp3) is 0.286. The van der Waals surface area contributed by atoms with Crippen LogP contribution in [0.2, 0.25) is 0 Å². The monoisotopic (exact) mass is 453 g/mol. The van der Waals surface area contributed by atoms with Crippen molar-refractivity contribution in [3.05, 3.63) is 106 Å². The highest BCUT2D eigenvalue weighted by atomic mass is 32.1. The van der Waals surface area contributed by atoms with Gasteiger partial charge in [-0.15, -0.1) is 0 Å². The fourth-order valence-electron chi connectivity index (χ4n) is 5.36. The molecular weight excluding hydrogens is 426 g/mol. The van der Waals surface area contributed by atoms with Gasteiger partial charge in [-0.1, -0.05) is 86.0 Å². The lowest BCUT2D eigenvalue weighted by Crippen LogP contribution is -2.20. The van der Waals surface area contributed by atoms with Crippen LogP contribution in [0.4, 0.5) is 0 Å². The summed E-state index contributed by atoms with van der Waals surface area (Å²) in [5.74, 6) is 2.81. The first-order valence-corrected chi connectivity index (χ1v) is 12.3. The van der Waals surface area contributed by atoms with Gasteiger partial charge < -0.3 is 9.30 Å². The summed E-state index contributed by atoms with van der Waals surface area (Å²) in [7, 11) is 0. The van der Waals surface area contributed by atoms with Gasteiger partial charge in [-0.05, 0) is 42.8 Å². The summed E-state index contributed by atoms with van der Waals surface area (Å²) in [6.07, 6.45) is 6.94. The summed E-state index contributed by atoms with van der Waals surface area (Å²) in [6.45, 7) is 0. The molecule has 0 atom stereocenters. The lowest BCUT2D eigenvalue weighted by atomic mass is 9.94. The Bertz CT molecular complexity index is 1290. The molecule has 5 heteroatoms. The van der Waals surface area contributed by atoms with Crippen LogP contribution in [0.15, 0.2) is 78.9 Å². The Morgan fingerprint density at radius 3 is 2.06 bits per heavy atom. The second-order valence-corrected chi connectivity index (χ2v) is 9.41. The van der Waals surface area contributed by atoms with Crippen molar-refractivity contribution in [2.24, 2.45) is 0 Å². The standard InChI is InChI=1S/C28H27N3OS/c33-28-30(21-13-5-2-6-14-21)26(19-20-11-3-1-4-12-20)29-31(28)27-22-15-7-9-17-24(22)32-25-18-10-8-16-23(25)27/h1,3-4,7-12,15-18,21,27H,2,5-6,13-14,19H2. The number of ether oxygens (including phenoxy) is 1. The summed E-state index contributed by atoms with van der Waals surface area (Å²) < 4.78 is 11.5. The molecule has 0 bridgehead atoms. The normalized spacial score (nSPS) is 16.1. The maximum Gasteiger partial charge on any atom is 0.199 e. The Hall–Kier alpha value is -3.18. The summed E-state index contributed by atoms with van der Waals surface area (Å²) in [6, 6.07) is 27.4. The number of hydrogen-bond donors (Lipinski definition) is 0. The van der Waals surface area contributed by atoms with E-state index in [0.29, 0.717) is 6.04 Å². The van der Waals surface area contributed by atoms with E-state index in [-0.39, 0.29) is 6.04 Å². The Labute approximate surface area is 199 Å². The van der Waals surface area contributed by atoms with Crippen LogP contribution in [0.5, 0.6) is 11.5 Å². The average molecular weight is 454 g/mol. The zero-order valence-electron chi connectivity index (χ0n) is 18.6. The number of benzene rings is 3. The largest absolute Gasteiger partial charge is 0.457 e. The second kappa shape index (κ2) is 8.64. The molecule has 1 saturated carbocycles. The van der Waals surface area contributed by atoms with Gasteiger partial charge in [0.15, 0.2) is 4.77 Å². The van der Waals surface area contributed by atoms with Gasteiger partial charge in [-0.3, -0.25) is 0 Å². The maximum atomic E-state index is 6.24. The van der Waals surface area contributed by atoms with Crippen molar-refractivity contribution in [1.82, 2.24) is 14.3 Å². The van der Waals surface area contributed by atoms with Crippen molar-refractivity contribution in [2.45, 2.75) is 50.6 Å². The van der Waals surface area contributed by atoms with Gasteiger partial charge >= 0.3 is 0 Å². The lowest BCUT2D eigenvalue weighted by Gasteiger charge is -2.28. The molecule has 0 spiro atoms. The van der Waals surface area contributed by atoms with Crippen LogP contribution in [0, 0.1) is 4.77 Å². The molecule has 1 aliphatic heterocycles. The highest BCUT2D eigenvalue weighted by molar-refractivity contribution is 7.71. The Kier molecular flexibility index (Phi) is 5.35. The predicted molar refractivity (Wildman–Crippen MR) is 133 cm³/mol. The zero-order valence-corrected chi connectivity index (χ0v) is 19.4. The van der Waals surface area contributed by atoms with Crippen molar-refractivity contribution in [3.63, 3.8) is 0 Å². The van der Waals surface area contributed by atoms with E-state index >= 15 is 0 Å². The molecule has 1 aliphatic carbocycles. The van der Waals surface area contributed by atoms with Gasteiger partial charge in [-0.25, -0.2) is 4.68 Å². The van der Waals surface area contributed by atoms with Crippen molar-refractivity contribution in [1.29, 1.82) is 0 Å². The van der Waals surface area contributed by atoms with Crippen LogP contribution in [0.25, 0.3) is 0 Å². The zero-order chi connectivity index (χ0) is 22.2. The first kappa shape index (κ1) is 20.4. The second-order valence-electron chi connectivity index (χ2n) is 9.05. The van der Waals surface area contributed by atoms with Gasteiger partial charge in [0, 0.05) is 23.6 Å². The van der Waals surface area contributed by atoms with Crippen LogP contribution >= 0.6 is 12.2 Å². The lowest BCUT2D eigenvalue weighted by molar-refractivity contribution is 0.341. The molecule has 4 aromatic rings. The van der Waals surface area contributed by atoms with Gasteiger partial charge in [0.2, 0.25) is 0 Å². The van der Waals surface area contributed by atoms with E-state index in [1.165, 1.54) is 37.7 Å². The quantitative estimate of drug-likeness (QED) is 0.269. The molecule has 0 N–H and O–H groups in total. The van der Waals surface area contributed by atoms with E-state index in [9.17, 15) is 0 Å². The third-order valence-corrected chi connectivity index (χ3v) is 7.32. The average Bonchev–Trinajstić information content (AvgIpc) is 3.18. The molecule has 0 saturated heterocycles. The maximum absolute atomic E-state index is 6.24. The number of rotatable bonds is 4. The minimum Gasteiger partial charge on any atom is -0.457 e. The van der Waals surface area contributed by atoms with Gasteiger partial charge in [0.1, 0.15) is 23.4 Å². The molecule has 0 unspecified atom stereocenters. The molecule has 1 fully saturated rings. The summed E-state index contributed by atoms with van der Waals surface area (Å²) >= 11 is 6.17. The van der Waals surface area contributed by atoms with Gasteiger partial charge in [0.05, 0.1) is 0 Å². The first-order chi connectivity index (χ1) is 16.3. The van der Waals surface area contributed by atoms with E-state index in [1.807, 2.05) is 24.3 Å². The highest BCUT2D eigenvalue weighted by Crippen LogP contribution is 2.45. The molecule has 1 aromatic heterocycles. The molecule has 2 heterocycles. The van der Waals surface area contributed by atoms with Gasteiger partial charge in [0.25, 0.3) is 0 Å². The van der Waals surface area contributed by atoms with Crippen molar-refractivity contribution < 1.29 is 4.74 Å². The number of fused-ring (bicyclic) bond motifs is 2. The molecule has 6 rings (SSSR count). The van der Waals surface area contributed by atoms with Crippen molar-refractivity contribution in [3.8, 4) is 11.5 Å². The molecule has 0 amide bonds. The third-order valence-electron chi connectivity index (χ3n) is 6.94. The first-order valence-electron chi connectivity index (χ1n) is 11.9. The molecule has 3 aromatic carbocycles. The van der Waals surface area contributed by atoms with Crippen LogP contribution in [-0.2, 0) is 6.42 Å². The number of para-hydroxylation sites is 2. The molecular formula is C28H27N3OS. The smallest absolute Gasteiger partial charge is 0.199 e. The van der Waals surface area contributed by atoms with Crippen LogP contribution in [-0.4, -0.2) is 14.3 Å². The topological polar surface area (TPSA) is 32.0 Å². The van der Waals surface area contributed by atoms with Crippen LogP contribution in [0.3, 0.4) is 0 Å². The van der Waals surface area contributed by atoms with E-state index in [4.69, 9.17) is 22.1 Å². The van der Waals surface area contributed by atoms with E-state index in [1.54, 1.807) is 0 Å². The summed E-state index contributed by atoms with van der Waals surface area (Å²) in [5.41, 5.74) is 3.47. The van der Waals surface area contributed by atoms with E-state index < -0.39 is 0 Å². The number of nitrogens with zero attached hydrogens (tertiary/aromatic N) is 3. The van der Waals surface area contributed by atoms with Crippen molar-refractivity contribution in [2.75, 3.05) is 0 Å². The molecule has 4 nitrogen and oxygen atoms in total. The fourth-order valence-corrected chi connectivity index (χ4v) is 5.76. The highest BCUT2D eigenvalue weighted by Gasteiger charge is 2.32. The van der Waals surface area contributed by atoms with Crippen molar-refractivity contribution >= 4 is 12.2 Å². The molecule has 2 aliphatic rings. The minimum absolute atomic E-state index is 0.0991. The summed E-state index contributed by atoms with van der Waals surface area (Å²) in [5, 5.41) is 5.22. The SMILES string of the molecule is S=c1n(C2c3ccccc3Oc3ccccc32)nc(Cc2ccccc2)n1C1CCCCC1. The molecule has 166 valence electrons. The van der Waals surface area contributed by atoms with E-state index in [0.717, 1.165) is 39.6 Å². The number of aromatic nitrogens is 3. The van der Waals surface area contributed by atoms with E-state index in [2.05, 4.69) is 63.8 Å². The van der Waals surface area contributed by atoms with Crippen LogP contribution in [0.1, 0.15) is 66.7 Å². The predicted octanol–water partition coefficient (Wildman–Crippen LogP) is 7.25. The molecule has 0 radical (unpaired) electrons. The molecule has 33 heavy (non-hydrogen) atoms. The Balaban J connectivity index is 1.53. The Morgan fingerprint density at radius 1 is 0.788 bits per heavy atom. The third kappa shape index (κ3) is 3.70. The van der Waals surface area contributed by atoms with Gasteiger partial charge in [-0.2, -0.15) is 5.10 Å². The summed E-state index contributed by atoms with van der Waals surface area (Å²) in [4.78, 5) is 0. The minimum atomic E-state index is -0.0991. The van der Waals surface area contributed by atoms with Crippen LogP contribution < -0.4 is 4.74 Å².